The number of pyridine rings is 2. The van der Waals surface area contributed by atoms with Crippen LogP contribution in [0.15, 0.2) is 36.7 Å². The van der Waals surface area contributed by atoms with E-state index in [0.717, 1.165) is 0 Å². The van der Waals surface area contributed by atoms with Crippen molar-refractivity contribution in [3.63, 3.8) is 0 Å². The zero-order valence-corrected chi connectivity index (χ0v) is 22.2. The number of hydrogen-bond donors (Lipinski definition) is 2. The van der Waals surface area contributed by atoms with Gasteiger partial charge in [0.1, 0.15) is 17.9 Å². The molecule has 0 saturated heterocycles. The topological polar surface area (TPSA) is 104 Å². The van der Waals surface area contributed by atoms with Gasteiger partial charge in [-0.3, -0.25) is 4.98 Å². The molecule has 38 heavy (non-hydrogen) atoms. The molecule has 1 saturated carbocycles. The summed E-state index contributed by atoms with van der Waals surface area (Å²) in [4.78, 5) is 8.39. The molecule has 3 heterocycles. The van der Waals surface area contributed by atoms with Gasteiger partial charge in [-0.2, -0.15) is 9.65 Å². The number of nitrogens with one attached hydrogen (secondary N) is 2. The molecule has 0 aliphatic heterocycles. The number of rotatable bonds is 7. The quantitative estimate of drug-likeness (QED) is 0.273. The van der Waals surface area contributed by atoms with E-state index in [2.05, 4.69) is 57.8 Å². The maximum absolute atomic E-state index is 13.8. The number of halogens is 3. The molecule has 1 aromatic carbocycles. The molecule has 2 N–H and O–H groups in total. The lowest BCUT2D eigenvalue weighted by molar-refractivity contribution is 0.425. The van der Waals surface area contributed by atoms with Crippen LogP contribution < -0.4 is 10.6 Å². The summed E-state index contributed by atoms with van der Waals surface area (Å²) in [7, 11) is 0. The molecule has 4 aromatic rings. The lowest BCUT2D eigenvalue weighted by Gasteiger charge is -2.23. The first-order chi connectivity index (χ1) is 18.0. The van der Waals surface area contributed by atoms with Crippen molar-refractivity contribution >= 4 is 33.9 Å². The fraction of sp³-hybridized carbons (Fsp3) is 0.370. The van der Waals surface area contributed by atoms with Gasteiger partial charge in [-0.15, -0.1) is 5.10 Å². The largest absolute Gasteiger partial charge is 0.383 e. The van der Waals surface area contributed by atoms with Crippen molar-refractivity contribution < 1.29 is 8.78 Å². The van der Waals surface area contributed by atoms with E-state index in [1.165, 1.54) is 16.9 Å². The Hall–Kier alpha value is -3.84. The smallest absolute Gasteiger partial charge is 0.213 e. The molecule has 5 rings (SSSR count). The fourth-order valence-electron chi connectivity index (χ4n) is 4.31. The number of hydrogen-bond acceptors (Lipinski definition) is 7. The second kappa shape index (κ2) is 9.80. The van der Waals surface area contributed by atoms with Gasteiger partial charge in [0.15, 0.2) is 0 Å². The summed E-state index contributed by atoms with van der Waals surface area (Å²) < 4.78 is 29.0. The van der Waals surface area contributed by atoms with Crippen LogP contribution in [0.5, 0.6) is 0 Å². The highest BCUT2D eigenvalue weighted by molar-refractivity contribution is 6.35. The third kappa shape index (κ3) is 5.24. The molecule has 1 unspecified atom stereocenters. The summed E-state index contributed by atoms with van der Waals surface area (Å²) in [6.07, 6.45) is 2.66. The van der Waals surface area contributed by atoms with Gasteiger partial charge < -0.3 is 10.6 Å². The van der Waals surface area contributed by atoms with Gasteiger partial charge >= 0.3 is 0 Å². The molecule has 3 aromatic heterocycles. The van der Waals surface area contributed by atoms with E-state index in [1.54, 1.807) is 25.3 Å². The summed E-state index contributed by atoms with van der Waals surface area (Å²) >= 11 is 6.67. The normalized spacial score (nSPS) is 17.7. The molecule has 8 nitrogen and oxygen atoms in total. The van der Waals surface area contributed by atoms with E-state index in [0.29, 0.717) is 62.8 Å². The van der Waals surface area contributed by atoms with E-state index in [9.17, 15) is 14.0 Å². The Bertz CT molecular complexity index is 1560. The molecule has 1 fully saturated rings. The minimum absolute atomic E-state index is 0.0355. The van der Waals surface area contributed by atoms with Crippen molar-refractivity contribution in [3.8, 4) is 6.07 Å². The number of nitrogens with zero attached hydrogens (tertiary/aromatic N) is 6. The molecule has 1 aliphatic rings. The molecule has 1 aliphatic carbocycles. The van der Waals surface area contributed by atoms with Crippen LogP contribution in [0.4, 0.5) is 20.2 Å². The first kappa shape index (κ1) is 25.8. The predicted molar refractivity (Wildman–Crippen MR) is 142 cm³/mol. The summed E-state index contributed by atoms with van der Waals surface area (Å²) in [6, 6.07) is 7.81. The number of benzene rings is 1. The zero-order chi connectivity index (χ0) is 27.2. The third-order valence-electron chi connectivity index (χ3n) is 6.40. The number of aryl methyl sites for hydroxylation is 1. The van der Waals surface area contributed by atoms with Gasteiger partial charge in [-0.1, -0.05) is 43.7 Å². The molecular formula is C27H27ClF2N8. The van der Waals surface area contributed by atoms with Crippen molar-refractivity contribution in [2.45, 2.75) is 52.4 Å². The Morgan fingerprint density at radius 1 is 1.29 bits per heavy atom. The highest BCUT2D eigenvalue weighted by atomic mass is 35.5. The Balaban J connectivity index is 1.59. The lowest BCUT2D eigenvalue weighted by atomic mass is 9.96. The lowest BCUT2D eigenvalue weighted by Crippen LogP contribution is -2.20. The minimum atomic E-state index is -0.940. The van der Waals surface area contributed by atoms with Crippen LogP contribution in [0.2, 0.25) is 5.02 Å². The van der Waals surface area contributed by atoms with Crippen LogP contribution in [-0.2, 0) is 0 Å². The minimum Gasteiger partial charge on any atom is -0.383 e. The van der Waals surface area contributed by atoms with Crippen LogP contribution >= 0.6 is 11.6 Å². The number of aromatic nitrogens is 5. The van der Waals surface area contributed by atoms with Gasteiger partial charge in [0, 0.05) is 41.5 Å². The number of nitriles is 1. The standard InChI is InChI=1S/C27H27ClF2N8/c1-14-17(5-6-23(30)34-14)26(21-12-38(37-36-21)22-9-20(22)29)35-16-7-18-24(33-13-27(2,3)4)15(10-31)11-32-25(18)19(28)8-16/h5-8,11-12,20,22,26,35H,9,13H2,1-4H3,(H,32,33)/t20-,22+,26?/m0/s1. The van der Waals surface area contributed by atoms with Crippen molar-refractivity contribution in [2.75, 3.05) is 17.2 Å². The summed E-state index contributed by atoms with van der Waals surface area (Å²) in [5, 5.41) is 26.1. The van der Waals surface area contributed by atoms with Gasteiger partial charge in [-0.25, -0.2) is 14.1 Å². The number of fused-ring (bicyclic) bond motifs is 1. The first-order valence-electron chi connectivity index (χ1n) is 12.3. The van der Waals surface area contributed by atoms with Gasteiger partial charge in [0.05, 0.1) is 40.1 Å². The maximum Gasteiger partial charge on any atom is 0.213 e. The monoisotopic (exact) mass is 536 g/mol. The van der Waals surface area contributed by atoms with E-state index < -0.39 is 18.2 Å². The van der Waals surface area contributed by atoms with Crippen molar-refractivity contribution in [2.24, 2.45) is 5.41 Å². The van der Waals surface area contributed by atoms with E-state index >= 15 is 0 Å². The van der Waals surface area contributed by atoms with Gasteiger partial charge in [0.2, 0.25) is 5.95 Å². The summed E-state index contributed by atoms with van der Waals surface area (Å²) in [6.45, 7) is 8.62. The Morgan fingerprint density at radius 2 is 2.05 bits per heavy atom. The molecule has 0 amide bonds. The van der Waals surface area contributed by atoms with Crippen LogP contribution in [0.1, 0.15) is 61.8 Å². The molecule has 11 heteroatoms. The molecular weight excluding hydrogens is 510 g/mol. The zero-order valence-electron chi connectivity index (χ0n) is 21.4. The highest BCUT2D eigenvalue weighted by Crippen LogP contribution is 2.40. The predicted octanol–water partition coefficient (Wildman–Crippen LogP) is 6.14. The van der Waals surface area contributed by atoms with Crippen molar-refractivity contribution in [3.05, 3.63) is 70.1 Å². The number of anilines is 2. The molecule has 0 bridgehead atoms. The maximum atomic E-state index is 13.8. The van der Waals surface area contributed by atoms with E-state index in [-0.39, 0.29) is 11.5 Å². The molecule has 0 radical (unpaired) electrons. The average molecular weight is 537 g/mol. The Kier molecular flexibility index (Phi) is 6.65. The third-order valence-corrected chi connectivity index (χ3v) is 6.69. The summed E-state index contributed by atoms with van der Waals surface area (Å²) in [5.41, 5.74) is 3.85. The van der Waals surface area contributed by atoms with Crippen molar-refractivity contribution in [1.82, 2.24) is 25.0 Å². The Labute approximate surface area is 224 Å². The van der Waals surface area contributed by atoms with E-state index in [4.69, 9.17) is 11.6 Å². The van der Waals surface area contributed by atoms with Gasteiger partial charge in [-0.05, 0) is 30.5 Å². The average Bonchev–Trinajstić information content (AvgIpc) is 3.38. The Morgan fingerprint density at radius 3 is 2.71 bits per heavy atom. The summed E-state index contributed by atoms with van der Waals surface area (Å²) in [5.74, 6) is -0.592. The molecule has 3 atom stereocenters. The second-order valence-electron chi connectivity index (χ2n) is 10.8. The highest BCUT2D eigenvalue weighted by Gasteiger charge is 2.40. The van der Waals surface area contributed by atoms with Crippen molar-refractivity contribution in [1.29, 1.82) is 5.26 Å². The van der Waals surface area contributed by atoms with Crippen LogP contribution in [-0.4, -0.2) is 37.7 Å². The molecule has 196 valence electrons. The SMILES string of the molecule is Cc1nc(F)ccc1C(Nc1cc(Cl)c2ncc(C#N)c(NCC(C)(C)C)c2c1)c1cn([C@@H]2C[C@@H]2F)nn1. The van der Waals surface area contributed by atoms with Crippen LogP contribution in [0.3, 0.4) is 0 Å². The van der Waals surface area contributed by atoms with Crippen LogP contribution in [0.25, 0.3) is 10.9 Å². The van der Waals surface area contributed by atoms with E-state index in [1.807, 2.05) is 6.07 Å². The first-order valence-corrected chi connectivity index (χ1v) is 12.6. The van der Waals surface area contributed by atoms with Gasteiger partial charge in [0.25, 0.3) is 0 Å². The molecule has 0 spiro atoms. The fourth-order valence-corrected chi connectivity index (χ4v) is 4.57. The van der Waals surface area contributed by atoms with Crippen LogP contribution in [0, 0.1) is 29.6 Å². The number of alkyl halides is 1. The second-order valence-corrected chi connectivity index (χ2v) is 11.2.